The molecule has 4 nitrogen and oxygen atoms in total. The average molecular weight is 300 g/mol. The first-order chi connectivity index (χ1) is 10.1. The summed E-state index contributed by atoms with van der Waals surface area (Å²) >= 11 is 1.25. The SMILES string of the molecule is C#CCn1c(=O)[nH]c2scc(-c3ccc(F)cc3)c2c1=O. The summed E-state index contributed by atoms with van der Waals surface area (Å²) in [5, 5.41) is 2.15. The molecule has 0 radical (unpaired) electrons. The van der Waals surface area contributed by atoms with Gasteiger partial charge in [-0.05, 0) is 17.7 Å². The average Bonchev–Trinajstić information content (AvgIpc) is 2.88. The molecule has 2 heterocycles. The number of terminal acetylenes is 1. The number of H-pyrrole nitrogens is 1. The lowest BCUT2D eigenvalue weighted by Gasteiger charge is -2.02. The molecular weight excluding hydrogens is 291 g/mol. The number of halogens is 1. The van der Waals surface area contributed by atoms with Crippen molar-refractivity contribution in [2.24, 2.45) is 0 Å². The summed E-state index contributed by atoms with van der Waals surface area (Å²) in [5.41, 5.74) is 0.395. The molecule has 104 valence electrons. The highest BCUT2D eigenvalue weighted by Gasteiger charge is 2.14. The number of nitrogens with one attached hydrogen (secondary N) is 1. The largest absolute Gasteiger partial charge is 0.330 e. The van der Waals surface area contributed by atoms with E-state index in [0.717, 1.165) is 4.57 Å². The molecule has 21 heavy (non-hydrogen) atoms. The standard InChI is InChI=1S/C15H9FN2O2S/c1-2-7-18-14(19)12-11(8-21-13(12)17-15(18)20)9-3-5-10(16)6-4-9/h1,3-6,8H,7H2,(H,17,20). The highest BCUT2D eigenvalue weighted by molar-refractivity contribution is 7.17. The minimum absolute atomic E-state index is 0.0944. The number of fused-ring (bicyclic) bond motifs is 1. The quantitative estimate of drug-likeness (QED) is 0.738. The van der Waals surface area contributed by atoms with E-state index < -0.39 is 11.2 Å². The highest BCUT2D eigenvalue weighted by Crippen LogP contribution is 2.30. The molecule has 0 aliphatic heterocycles. The summed E-state index contributed by atoms with van der Waals surface area (Å²) in [6.07, 6.45) is 5.18. The molecule has 0 saturated heterocycles. The molecule has 0 bridgehead atoms. The van der Waals surface area contributed by atoms with E-state index in [1.165, 1.54) is 23.5 Å². The number of nitrogens with zero attached hydrogens (tertiary/aromatic N) is 1. The summed E-state index contributed by atoms with van der Waals surface area (Å²) in [6.45, 7) is -0.0944. The second-order valence-electron chi connectivity index (χ2n) is 4.39. The molecule has 0 aliphatic rings. The van der Waals surface area contributed by atoms with Crippen LogP contribution in [-0.2, 0) is 6.54 Å². The maximum Gasteiger partial charge on any atom is 0.330 e. The van der Waals surface area contributed by atoms with Gasteiger partial charge in [0.2, 0.25) is 0 Å². The number of aromatic amines is 1. The Kier molecular flexibility index (Phi) is 3.20. The molecule has 1 N–H and O–H groups in total. The first kappa shape index (κ1) is 13.3. The molecular formula is C15H9FN2O2S. The van der Waals surface area contributed by atoms with E-state index in [4.69, 9.17) is 6.42 Å². The fourth-order valence-electron chi connectivity index (χ4n) is 2.13. The molecule has 0 amide bonds. The zero-order valence-electron chi connectivity index (χ0n) is 10.7. The Labute approximate surface area is 122 Å². The number of thiophene rings is 1. The Hall–Kier alpha value is -2.65. The van der Waals surface area contributed by atoms with Gasteiger partial charge >= 0.3 is 5.69 Å². The highest BCUT2D eigenvalue weighted by atomic mass is 32.1. The van der Waals surface area contributed by atoms with Gasteiger partial charge < -0.3 is 0 Å². The van der Waals surface area contributed by atoms with Crippen molar-refractivity contribution in [2.75, 3.05) is 0 Å². The van der Waals surface area contributed by atoms with Crippen molar-refractivity contribution in [2.45, 2.75) is 6.54 Å². The minimum atomic E-state index is -0.530. The van der Waals surface area contributed by atoms with Crippen LogP contribution in [0, 0.1) is 18.2 Å². The predicted molar refractivity (Wildman–Crippen MR) is 80.9 cm³/mol. The van der Waals surface area contributed by atoms with Crippen LogP contribution in [0.15, 0.2) is 39.2 Å². The second kappa shape index (κ2) is 5.04. The molecule has 0 aliphatic carbocycles. The molecule has 1 aromatic carbocycles. The van der Waals surface area contributed by atoms with E-state index >= 15 is 0 Å². The number of hydrogen-bond donors (Lipinski definition) is 1. The van der Waals surface area contributed by atoms with E-state index in [1.54, 1.807) is 17.5 Å². The van der Waals surface area contributed by atoms with Crippen molar-refractivity contribution < 1.29 is 4.39 Å². The van der Waals surface area contributed by atoms with Gasteiger partial charge in [-0.1, -0.05) is 18.1 Å². The summed E-state index contributed by atoms with van der Waals surface area (Å²) in [4.78, 5) is 27.4. The third-order valence-corrected chi connectivity index (χ3v) is 4.02. The normalized spacial score (nSPS) is 10.7. The first-order valence-electron chi connectivity index (χ1n) is 6.05. The van der Waals surface area contributed by atoms with Gasteiger partial charge in [0.25, 0.3) is 5.56 Å². The van der Waals surface area contributed by atoms with E-state index in [0.29, 0.717) is 21.3 Å². The van der Waals surface area contributed by atoms with Crippen molar-refractivity contribution in [3.63, 3.8) is 0 Å². The van der Waals surface area contributed by atoms with E-state index in [1.807, 2.05) is 0 Å². The molecule has 0 spiro atoms. The third-order valence-electron chi connectivity index (χ3n) is 3.12. The molecule has 6 heteroatoms. The third kappa shape index (κ3) is 2.18. The maximum absolute atomic E-state index is 13.0. The molecule has 0 unspecified atom stereocenters. The number of aromatic nitrogens is 2. The molecule has 0 fully saturated rings. The van der Waals surface area contributed by atoms with E-state index in [2.05, 4.69) is 10.9 Å². The fourth-order valence-corrected chi connectivity index (χ4v) is 3.08. The van der Waals surface area contributed by atoms with Gasteiger partial charge in [-0.2, -0.15) is 0 Å². The van der Waals surface area contributed by atoms with E-state index in [9.17, 15) is 14.0 Å². The van der Waals surface area contributed by atoms with Crippen molar-refractivity contribution >= 4 is 21.6 Å². The molecule has 2 aromatic heterocycles. The predicted octanol–water partition coefficient (Wildman–Crippen LogP) is 2.19. The zero-order chi connectivity index (χ0) is 15.0. The van der Waals surface area contributed by atoms with Crippen LogP contribution in [0.2, 0.25) is 0 Å². The van der Waals surface area contributed by atoms with Crippen molar-refractivity contribution in [1.29, 1.82) is 0 Å². The lowest BCUT2D eigenvalue weighted by atomic mass is 10.1. The van der Waals surface area contributed by atoms with Gasteiger partial charge in [-0.3, -0.25) is 9.78 Å². The molecule has 0 atom stereocenters. The van der Waals surface area contributed by atoms with Crippen LogP contribution in [-0.4, -0.2) is 9.55 Å². The number of rotatable bonds is 2. The van der Waals surface area contributed by atoms with Crippen LogP contribution in [0.1, 0.15) is 0 Å². The Morgan fingerprint density at radius 1 is 1.29 bits per heavy atom. The van der Waals surface area contributed by atoms with Gasteiger partial charge in [-0.25, -0.2) is 13.8 Å². The number of benzene rings is 1. The zero-order valence-corrected chi connectivity index (χ0v) is 11.5. The second-order valence-corrected chi connectivity index (χ2v) is 5.27. The molecule has 3 aromatic rings. The lowest BCUT2D eigenvalue weighted by molar-refractivity contribution is 0.628. The van der Waals surface area contributed by atoms with Crippen LogP contribution in [0.4, 0.5) is 4.39 Å². The van der Waals surface area contributed by atoms with Gasteiger partial charge in [0.1, 0.15) is 10.6 Å². The summed E-state index contributed by atoms with van der Waals surface area (Å²) in [7, 11) is 0. The van der Waals surface area contributed by atoms with Crippen LogP contribution < -0.4 is 11.2 Å². The van der Waals surface area contributed by atoms with Gasteiger partial charge in [0.15, 0.2) is 0 Å². The maximum atomic E-state index is 13.0. The van der Waals surface area contributed by atoms with Gasteiger partial charge in [-0.15, -0.1) is 17.8 Å². The van der Waals surface area contributed by atoms with Crippen molar-refractivity contribution in [3.05, 3.63) is 56.3 Å². The topological polar surface area (TPSA) is 54.9 Å². The minimum Gasteiger partial charge on any atom is -0.298 e. The van der Waals surface area contributed by atoms with Gasteiger partial charge in [0.05, 0.1) is 11.9 Å². The van der Waals surface area contributed by atoms with Crippen LogP contribution in [0.3, 0.4) is 0 Å². The summed E-state index contributed by atoms with van der Waals surface area (Å²) < 4.78 is 14.0. The van der Waals surface area contributed by atoms with E-state index in [-0.39, 0.29) is 12.4 Å². The van der Waals surface area contributed by atoms with Gasteiger partial charge in [0, 0.05) is 10.9 Å². The molecule has 3 rings (SSSR count). The van der Waals surface area contributed by atoms with Crippen LogP contribution in [0.5, 0.6) is 0 Å². The first-order valence-corrected chi connectivity index (χ1v) is 6.93. The monoisotopic (exact) mass is 300 g/mol. The van der Waals surface area contributed by atoms with Crippen molar-refractivity contribution in [1.82, 2.24) is 9.55 Å². The Bertz CT molecular complexity index is 974. The Balaban J connectivity index is 2.34. The smallest absolute Gasteiger partial charge is 0.298 e. The van der Waals surface area contributed by atoms with Crippen molar-refractivity contribution in [3.8, 4) is 23.5 Å². The van der Waals surface area contributed by atoms with Crippen LogP contribution in [0.25, 0.3) is 21.3 Å². The summed E-state index contributed by atoms with van der Waals surface area (Å²) in [6, 6.07) is 5.83. The molecule has 0 saturated carbocycles. The lowest BCUT2D eigenvalue weighted by Crippen LogP contribution is -2.34. The van der Waals surface area contributed by atoms with Crippen LogP contribution >= 0.6 is 11.3 Å². The number of hydrogen-bond acceptors (Lipinski definition) is 3. The fraction of sp³-hybridized carbons (Fsp3) is 0.0667. The Morgan fingerprint density at radius 3 is 2.67 bits per heavy atom. The summed E-state index contributed by atoms with van der Waals surface area (Å²) in [5.74, 6) is 1.94. The Morgan fingerprint density at radius 2 is 2.00 bits per heavy atom.